The molecule has 1 atom stereocenters. The predicted octanol–water partition coefficient (Wildman–Crippen LogP) is 3.94. The number of rotatable bonds is 2. The van der Waals surface area contributed by atoms with Gasteiger partial charge in [-0.2, -0.15) is 11.8 Å². The van der Waals surface area contributed by atoms with Crippen LogP contribution in [0.15, 0.2) is 24.3 Å². The number of anilines is 1. The summed E-state index contributed by atoms with van der Waals surface area (Å²) in [6.07, 6.45) is 1.27. The number of benzene rings is 1. The minimum Gasteiger partial charge on any atom is -0.381 e. The van der Waals surface area contributed by atoms with E-state index in [1.54, 1.807) is 0 Å². The lowest BCUT2D eigenvalue weighted by Crippen LogP contribution is -2.35. The first-order valence-electron chi connectivity index (χ1n) is 5.97. The van der Waals surface area contributed by atoms with E-state index in [4.69, 9.17) is 0 Å². The zero-order valence-electron chi connectivity index (χ0n) is 10.4. The van der Waals surface area contributed by atoms with E-state index in [0.29, 0.717) is 11.5 Å². The van der Waals surface area contributed by atoms with Gasteiger partial charge in [-0.3, -0.25) is 0 Å². The fourth-order valence-electron chi connectivity index (χ4n) is 2.31. The molecule has 1 saturated heterocycles. The molecule has 0 aliphatic carbocycles. The van der Waals surface area contributed by atoms with Crippen molar-refractivity contribution in [2.75, 3.05) is 16.8 Å². The molecule has 1 N–H and O–H groups in total. The van der Waals surface area contributed by atoms with E-state index in [0.717, 1.165) is 0 Å². The molecule has 1 heterocycles. The Balaban J connectivity index is 2.02. The second-order valence-electron chi connectivity index (χ2n) is 5.54. The number of aryl methyl sites for hydroxylation is 1. The average molecular weight is 235 g/mol. The SMILES string of the molecule is Cc1ccccc1NC1CSCC(C)(C)C1. The minimum atomic E-state index is 0.475. The number of hydrogen-bond donors (Lipinski definition) is 1. The lowest BCUT2D eigenvalue weighted by molar-refractivity contribution is 0.358. The van der Waals surface area contributed by atoms with Crippen molar-refractivity contribution in [1.82, 2.24) is 0 Å². The maximum absolute atomic E-state index is 3.68. The Morgan fingerprint density at radius 1 is 1.31 bits per heavy atom. The van der Waals surface area contributed by atoms with Crippen molar-refractivity contribution in [3.8, 4) is 0 Å². The molecule has 1 aliphatic rings. The molecule has 2 rings (SSSR count). The highest BCUT2D eigenvalue weighted by molar-refractivity contribution is 7.99. The van der Waals surface area contributed by atoms with Gasteiger partial charge in [0.25, 0.3) is 0 Å². The molecule has 0 spiro atoms. The predicted molar refractivity (Wildman–Crippen MR) is 74.3 cm³/mol. The van der Waals surface area contributed by atoms with Crippen molar-refractivity contribution in [3.05, 3.63) is 29.8 Å². The summed E-state index contributed by atoms with van der Waals surface area (Å²) in [6, 6.07) is 9.18. The van der Waals surface area contributed by atoms with Gasteiger partial charge in [0.2, 0.25) is 0 Å². The molecule has 1 aromatic rings. The third kappa shape index (κ3) is 2.94. The number of thioether (sulfide) groups is 1. The van der Waals surface area contributed by atoms with Gasteiger partial charge in [-0.1, -0.05) is 32.0 Å². The van der Waals surface area contributed by atoms with Crippen molar-refractivity contribution in [1.29, 1.82) is 0 Å². The van der Waals surface area contributed by atoms with E-state index in [-0.39, 0.29) is 0 Å². The van der Waals surface area contributed by atoms with Gasteiger partial charge in [-0.25, -0.2) is 0 Å². The number of hydrogen-bond acceptors (Lipinski definition) is 2. The molecule has 0 amide bonds. The van der Waals surface area contributed by atoms with Gasteiger partial charge in [-0.15, -0.1) is 0 Å². The third-order valence-electron chi connectivity index (χ3n) is 3.12. The maximum Gasteiger partial charge on any atom is 0.0372 e. The van der Waals surface area contributed by atoms with Gasteiger partial charge in [0, 0.05) is 17.5 Å². The smallest absolute Gasteiger partial charge is 0.0372 e. The highest BCUT2D eigenvalue weighted by Gasteiger charge is 2.28. The fraction of sp³-hybridized carbons (Fsp3) is 0.571. The van der Waals surface area contributed by atoms with E-state index < -0.39 is 0 Å². The summed E-state index contributed by atoms with van der Waals surface area (Å²) in [7, 11) is 0. The summed E-state index contributed by atoms with van der Waals surface area (Å²) in [5, 5.41) is 3.68. The molecule has 88 valence electrons. The Morgan fingerprint density at radius 3 is 2.75 bits per heavy atom. The molecular formula is C14H21NS. The van der Waals surface area contributed by atoms with E-state index in [1.807, 2.05) is 0 Å². The Morgan fingerprint density at radius 2 is 2.06 bits per heavy atom. The van der Waals surface area contributed by atoms with Crippen LogP contribution in [0.5, 0.6) is 0 Å². The van der Waals surface area contributed by atoms with E-state index in [9.17, 15) is 0 Å². The molecule has 16 heavy (non-hydrogen) atoms. The zero-order chi connectivity index (χ0) is 11.6. The summed E-state index contributed by atoms with van der Waals surface area (Å²) >= 11 is 2.07. The summed E-state index contributed by atoms with van der Waals surface area (Å²) in [5.74, 6) is 2.52. The zero-order valence-corrected chi connectivity index (χ0v) is 11.2. The summed E-state index contributed by atoms with van der Waals surface area (Å²) < 4.78 is 0. The Kier molecular flexibility index (Phi) is 3.48. The molecule has 0 saturated carbocycles. The van der Waals surface area contributed by atoms with Gasteiger partial charge in [0.05, 0.1) is 0 Å². The second kappa shape index (κ2) is 4.70. The molecule has 0 bridgehead atoms. The third-order valence-corrected chi connectivity index (χ3v) is 4.74. The van der Waals surface area contributed by atoms with Gasteiger partial charge < -0.3 is 5.32 Å². The molecule has 2 heteroatoms. The first-order valence-corrected chi connectivity index (χ1v) is 7.12. The van der Waals surface area contributed by atoms with Crippen molar-refractivity contribution in [2.24, 2.45) is 5.41 Å². The van der Waals surface area contributed by atoms with Crippen molar-refractivity contribution < 1.29 is 0 Å². The number of para-hydroxylation sites is 1. The number of nitrogens with one attached hydrogen (secondary N) is 1. The lowest BCUT2D eigenvalue weighted by atomic mass is 9.87. The van der Waals surface area contributed by atoms with E-state index in [2.05, 4.69) is 62.1 Å². The topological polar surface area (TPSA) is 12.0 Å². The molecule has 1 aliphatic heterocycles. The van der Waals surface area contributed by atoms with Crippen molar-refractivity contribution >= 4 is 17.4 Å². The summed E-state index contributed by atoms with van der Waals surface area (Å²) in [5.41, 5.74) is 3.12. The maximum atomic E-state index is 3.68. The average Bonchev–Trinajstić information content (AvgIpc) is 2.20. The Hall–Kier alpha value is -0.630. The van der Waals surface area contributed by atoms with Gasteiger partial charge >= 0.3 is 0 Å². The summed E-state index contributed by atoms with van der Waals surface area (Å²) in [6.45, 7) is 6.90. The molecule has 0 radical (unpaired) electrons. The van der Waals surface area contributed by atoms with Crippen molar-refractivity contribution in [3.63, 3.8) is 0 Å². The monoisotopic (exact) mass is 235 g/mol. The fourth-order valence-corrected chi connectivity index (χ4v) is 3.58. The van der Waals surface area contributed by atoms with E-state index >= 15 is 0 Å². The van der Waals surface area contributed by atoms with Crippen LogP contribution < -0.4 is 5.32 Å². The van der Waals surface area contributed by atoms with Crippen molar-refractivity contribution in [2.45, 2.75) is 33.2 Å². The second-order valence-corrected chi connectivity index (χ2v) is 6.57. The molecule has 1 nitrogen and oxygen atoms in total. The molecular weight excluding hydrogens is 214 g/mol. The largest absolute Gasteiger partial charge is 0.381 e. The van der Waals surface area contributed by atoms with Crippen LogP contribution in [0.4, 0.5) is 5.69 Å². The highest BCUT2D eigenvalue weighted by Crippen LogP contribution is 2.34. The van der Waals surface area contributed by atoms with Gasteiger partial charge in [-0.05, 0) is 36.1 Å². The normalized spacial score (nSPS) is 24.1. The first kappa shape index (κ1) is 11.8. The minimum absolute atomic E-state index is 0.475. The quantitative estimate of drug-likeness (QED) is 0.833. The van der Waals surface area contributed by atoms with Crippen LogP contribution in [0.3, 0.4) is 0 Å². The molecule has 1 aromatic carbocycles. The van der Waals surface area contributed by atoms with Crippen LogP contribution in [-0.2, 0) is 0 Å². The Labute approximate surface area is 103 Å². The van der Waals surface area contributed by atoms with Gasteiger partial charge in [0.1, 0.15) is 0 Å². The van der Waals surface area contributed by atoms with Crippen LogP contribution in [0.2, 0.25) is 0 Å². The van der Waals surface area contributed by atoms with Crippen LogP contribution in [0.1, 0.15) is 25.8 Å². The lowest BCUT2D eigenvalue weighted by Gasteiger charge is -2.35. The van der Waals surface area contributed by atoms with Crippen LogP contribution in [0, 0.1) is 12.3 Å². The van der Waals surface area contributed by atoms with Gasteiger partial charge in [0.15, 0.2) is 0 Å². The van der Waals surface area contributed by atoms with Crippen LogP contribution in [-0.4, -0.2) is 17.5 Å². The Bertz CT molecular complexity index is 360. The van der Waals surface area contributed by atoms with Crippen LogP contribution >= 0.6 is 11.8 Å². The first-order chi connectivity index (χ1) is 7.57. The van der Waals surface area contributed by atoms with Crippen LogP contribution in [0.25, 0.3) is 0 Å². The summed E-state index contributed by atoms with van der Waals surface area (Å²) in [4.78, 5) is 0. The molecule has 0 aromatic heterocycles. The molecule has 1 fully saturated rings. The molecule has 1 unspecified atom stereocenters. The van der Waals surface area contributed by atoms with E-state index in [1.165, 1.54) is 29.2 Å². The highest BCUT2D eigenvalue weighted by atomic mass is 32.2. The standard InChI is InChI=1S/C14H21NS/c1-11-6-4-5-7-13(11)15-12-8-14(2,3)10-16-9-12/h4-7,12,15H,8-10H2,1-3H3.